The summed E-state index contributed by atoms with van der Waals surface area (Å²) in [6.45, 7) is 16.7. The minimum atomic E-state index is -1.39. The molecule has 8 atom stereocenters. The van der Waals surface area contributed by atoms with Crippen molar-refractivity contribution in [2.24, 2.45) is 23.7 Å². The largest absolute Gasteiger partial charge is 0.493 e. The van der Waals surface area contributed by atoms with Crippen LogP contribution in [-0.4, -0.2) is 129 Å². The Kier molecular flexibility index (Phi) is 25.0. The van der Waals surface area contributed by atoms with Gasteiger partial charge in [0.1, 0.15) is 47.8 Å². The van der Waals surface area contributed by atoms with Crippen molar-refractivity contribution in [3.8, 4) is 11.5 Å². The smallest absolute Gasteiger partial charge is 0.326 e. The van der Waals surface area contributed by atoms with Crippen molar-refractivity contribution in [3.05, 3.63) is 24.3 Å². The molecule has 0 heterocycles. The summed E-state index contributed by atoms with van der Waals surface area (Å²) in [6, 6.07) is -0.749. The summed E-state index contributed by atoms with van der Waals surface area (Å²) in [5.74, 6) is -6.68. The highest BCUT2D eigenvalue weighted by atomic mass is 16.5. The predicted octanol–water partition coefficient (Wildman–Crippen LogP) is 1.25. The number of carbonyl (C=O) groups is 8. The van der Waals surface area contributed by atoms with Crippen LogP contribution in [0.25, 0.3) is 0 Å². The second-order valence-electron chi connectivity index (χ2n) is 17.5. The zero-order valence-corrected chi connectivity index (χ0v) is 38.8. The Morgan fingerprint density at radius 1 is 0.500 bits per heavy atom. The van der Waals surface area contributed by atoms with E-state index < -0.39 is 108 Å². The van der Waals surface area contributed by atoms with Gasteiger partial charge in [0.05, 0.1) is 25.4 Å². The van der Waals surface area contributed by atoms with Crippen LogP contribution >= 0.6 is 0 Å². The van der Waals surface area contributed by atoms with Crippen LogP contribution in [0.4, 0.5) is 0 Å². The Bertz CT molecular complexity index is 1580. The summed E-state index contributed by atoms with van der Waals surface area (Å²) >= 11 is 0. The van der Waals surface area contributed by atoms with E-state index in [0.717, 1.165) is 0 Å². The van der Waals surface area contributed by atoms with Crippen LogP contribution in [0, 0.1) is 23.7 Å². The first kappa shape index (κ1) is 56.5. The van der Waals surface area contributed by atoms with Gasteiger partial charge < -0.3 is 61.8 Å². The molecule has 2 unspecified atom stereocenters. The van der Waals surface area contributed by atoms with Gasteiger partial charge in [0.25, 0.3) is 0 Å². The summed E-state index contributed by atoms with van der Waals surface area (Å²) in [7, 11) is 0. The summed E-state index contributed by atoms with van der Waals surface area (Å²) < 4.78 is 11.5. The van der Waals surface area contributed by atoms with Crippen molar-refractivity contribution in [2.75, 3.05) is 13.2 Å². The van der Waals surface area contributed by atoms with Crippen molar-refractivity contribution in [1.29, 1.82) is 0 Å². The molecule has 0 radical (unpaired) electrons. The molecule has 0 spiro atoms. The fraction of sp³-hybridized carbons (Fsp3) is 0.682. The number of carbonyl (C=O) groups excluding carboxylic acids is 6. The molecule has 0 fully saturated rings. The lowest BCUT2D eigenvalue weighted by Gasteiger charge is -2.27. The number of aliphatic hydroxyl groups is 2. The Hall–Kier alpha value is -5.50. The molecule has 0 aliphatic carbocycles. The SMILES string of the molecule is CC(C)C[C@H](NC(=O)[C@@H](NC(=O)CCCOc1cccc(OCCCC(=O)N[C@H](C(=O)N[C@@H](CC(C)C)C(=O)N[C@H](C(=O)O)C(C)C)C(C)O)c1)C(C)O)C(=O)N[C@H](C(=O)O)C(C)C. The van der Waals surface area contributed by atoms with Crippen LogP contribution in [0.3, 0.4) is 0 Å². The van der Waals surface area contributed by atoms with Gasteiger partial charge in [-0.1, -0.05) is 61.5 Å². The third kappa shape index (κ3) is 21.2. The fourth-order valence-electron chi connectivity index (χ4n) is 6.26. The van der Waals surface area contributed by atoms with Gasteiger partial charge in [-0.25, -0.2) is 9.59 Å². The number of nitrogens with one attached hydrogen (secondary N) is 6. The van der Waals surface area contributed by atoms with Crippen LogP contribution in [-0.2, 0) is 38.4 Å². The molecule has 0 saturated carbocycles. The summed E-state index contributed by atoms with van der Waals surface area (Å²) in [4.78, 5) is 101. The molecule has 0 aliphatic rings. The van der Waals surface area contributed by atoms with E-state index in [4.69, 9.17) is 9.47 Å². The lowest BCUT2D eigenvalue weighted by atomic mass is 10.00. The highest BCUT2D eigenvalue weighted by Gasteiger charge is 2.34. The van der Waals surface area contributed by atoms with Gasteiger partial charge in [-0.3, -0.25) is 28.8 Å². The van der Waals surface area contributed by atoms with E-state index in [2.05, 4.69) is 31.9 Å². The molecule has 0 aliphatic heterocycles. The summed E-state index contributed by atoms with van der Waals surface area (Å²) in [5, 5.41) is 54.6. The maximum Gasteiger partial charge on any atom is 0.326 e. The van der Waals surface area contributed by atoms with E-state index in [1.165, 1.54) is 13.8 Å². The van der Waals surface area contributed by atoms with E-state index >= 15 is 0 Å². The Morgan fingerprint density at radius 3 is 1.12 bits per heavy atom. The predicted molar refractivity (Wildman–Crippen MR) is 235 cm³/mol. The number of carboxylic acid groups (broad SMARTS) is 2. The Labute approximate surface area is 375 Å². The van der Waals surface area contributed by atoms with E-state index in [-0.39, 0.29) is 63.6 Å². The molecule has 10 N–H and O–H groups in total. The minimum Gasteiger partial charge on any atom is -0.493 e. The van der Waals surface area contributed by atoms with Gasteiger partial charge in [0.2, 0.25) is 35.4 Å². The number of hydrogen-bond donors (Lipinski definition) is 10. The van der Waals surface area contributed by atoms with Crippen molar-refractivity contribution in [2.45, 2.75) is 156 Å². The van der Waals surface area contributed by atoms with Crippen LogP contribution < -0.4 is 41.4 Å². The zero-order chi connectivity index (χ0) is 48.8. The molecule has 20 heteroatoms. The Morgan fingerprint density at radius 2 is 0.844 bits per heavy atom. The molecule has 1 aromatic carbocycles. The first-order valence-electron chi connectivity index (χ1n) is 21.8. The van der Waals surface area contributed by atoms with Gasteiger partial charge in [0, 0.05) is 18.9 Å². The third-order valence-electron chi connectivity index (χ3n) is 9.74. The third-order valence-corrected chi connectivity index (χ3v) is 9.74. The average Bonchev–Trinajstić information content (AvgIpc) is 3.18. The molecule has 64 heavy (non-hydrogen) atoms. The number of carboxylic acids is 2. The highest BCUT2D eigenvalue weighted by Crippen LogP contribution is 2.20. The van der Waals surface area contributed by atoms with Crippen LogP contribution in [0.15, 0.2) is 24.3 Å². The second-order valence-corrected chi connectivity index (χ2v) is 17.5. The standard InChI is InChI=1S/C44H72N6O14/c1-23(2)20-31(39(55)49-35(25(5)6)43(59)60)45-41(57)37(27(9)51)47-33(53)16-12-18-63-29-14-11-15-30(22-29)64-19-13-17-34(54)48-38(28(10)52)42(58)46-32(21-24(3)4)40(56)50-36(26(7)8)44(61)62/h11,14-15,22-28,31-32,35-38,51-52H,12-13,16-21H2,1-10H3,(H,45,57)(H,46,58)(H,47,53)(H,48,54)(H,49,55)(H,50,56)(H,59,60)(H,61,62)/t27?,28?,31-,32-,35-,36-,37-,38-/m0/s1. The number of amides is 6. The number of aliphatic hydroxyl groups excluding tert-OH is 2. The van der Waals surface area contributed by atoms with Crippen LogP contribution in [0.5, 0.6) is 11.5 Å². The van der Waals surface area contributed by atoms with Crippen molar-refractivity contribution < 1.29 is 68.3 Å². The molecule has 6 amide bonds. The van der Waals surface area contributed by atoms with Crippen molar-refractivity contribution >= 4 is 47.4 Å². The Balaban J connectivity index is 2.69. The second kappa shape index (κ2) is 28.3. The quantitative estimate of drug-likeness (QED) is 0.0486. The monoisotopic (exact) mass is 909 g/mol. The van der Waals surface area contributed by atoms with E-state index in [1.54, 1.807) is 52.0 Å². The molecule has 0 saturated heterocycles. The van der Waals surface area contributed by atoms with E-state index in [0.29, 0.717) is 11.5 Å². The molecular formula is C44H72N6O14. The number of ether oxygens (including phenoxy) is 2. The minimum absolute atomic E-state index is 0.0601. The van der Waals surface area contributed by atoms with Gasteiger partial charge in [0.15, 0.2) is 0 Å². The first-order valence-corrected chi connectivity index (χ1v) is 21.8. The number of rotatable bonds is 30. The summed E-state index contributed by atoms with van der Waals surface area (Å²) in [5.41, 5.74) is 0. The number of benzene rings is 1. The van der Waals surface area contributed by atoms with Gasteiger partial charge in [-0.05, 0) is 75.3 Å². The maximum absolute atomic E-state index is 13.2. The maximum atomic E-state index is 13.2. The summed E-state index contributed by atoms with van der Waals surface area (Å²) in [6.07, 6.45) is -1.98. The average molecular weight is 909 g/mol. The molecule has 20 nitrogen and oxygen atoms in total. The zero-order valence-electron chi connectivity index (χ0n) is 38.8. The van der Waals surface area contributed by atoms with Crippen molar-refractivity contribution in [1.82, 2.24) is 31.9 Å². The molecule has 1 rings (SSSR count). The lowest BCUT2D eigenvalue weighted by molar-refractivity contribution is -0.144. The van der Waals surface area contributed by atoms with E-state index in [9.17, 15) is 58.8 Å². The lowest BCUT2D eigenvalue weighted by Crippen LogP contribution is -2.58. The molecule has 1 aromatic rings. The molecule has 362 valence electrons. The van der Waals surface area contributed by atoms with Crippen molar-refractivity contribution in [3.63, 3.8) is 0 Å². The van der Waals surface area contributed by atoms with Crippen LogP contribution in [0.1, 0.15) is 108 Å². The number of hydrogen-bond acceptors (Lipinski definition) is 12. The van der Waals surface area contributed by atoms with Gasteiger partial charge >= 0.3 is 11.9 Å². The first-order chi connectivity index (χ1) is 29.8. The normalized spacial score (nSPS) is 15.1. The number of aliphatic carboxylic acids is 2. The fourth-order valence-corrected chi connectivity index (χ4v) is 6.26. The highest BCUT2D eigenvalue weighted by molar-refractivity contribution is 5.95. The van der Waals surface area contributed by atoms with Crippen LogP contribution in [0.2, 0.25) is 0 Å². The topological polar surface area (TPSA) is 308 Å². The van der Waals surface area contributed by atoms with E-state index in [1.807, 2.05) is 27.7 Å². The molecule has 0 aromatic heterocycles. The molecule has 0 bridgehead atoms. The molecular weight excluding hydrogens is 837 g/mol. The van der Waals surface area contributed by atoms with Gasteiger partial charge in [-0.2, -0.15) is 0 Å². The van der Waals surface area contributed by atoms with Gasteiger partial charge in [-0.15, -0.1) is 0 Å².